The van der Waals surface area contributed by atoms with E-state index in [0.29, 0.717) is 27.6 Å². The zero-order valence-corrected chi connectivity index (χ0v) is 16.6. The molecule has 0 radical (unpaired) electrons. The molecular formula is C20H17F3N4OS. The monoisotopic (exact) mass is 418 g/mol. The van der Waals surface area contributed by atoms with Gasteiger partial charge in [0.1, 0.15) is 11.5 Å². The van der Waals surface area contributed by atoms with E-state index in [2.05, 4.69) is 16.0 Å². The Morgan fingerprint density at radius 1 is 1.31 bits per heavy atom. The highest BCUT2D eigenvalue weighted by atomic mass is 32.2. The molecule has 0 amide bonds. The Bertz CT molecular complexity index is 1190. The third-order valence-corrected chi connectivity index (χ3v) is 6.66. The van der Waals surface area contributed by atoms with Crippen molar-refractivity contribution < 1.29 is 17.4 Å². The van der Waals surface area contributed by atoms with Gasteiger partial charge in [-0.15, -0.1) is 0 Å². The zero-order chi connectivity index (χ0) is 21.0. The SMILES string of the molecule is CC[S@](=O)c1cc(C2(C#N)CC2)ccc1-c1nc2cc(C(F)(F)F)ncc2n1C. The van der Waals surface area contributed by atoms with Gasteiger partial charge in [0.2, 0.25) is 0 Å². The predicted molar refractivity (Wildman–Crippen MR) is 102 cm³/mol. The van der Waals surface area contributed by atoms with Gasteiger partial charge in [-0.2, -0.15) is 18.4 Å². The summed E-state index contributed by atoms with van der Waals surface area (Å²) in [6.45, 7) is 1.79. The summed E-state index contributed by atoms with van der Waals surface area (Å²) >= 11 is 0. The average Bonchev–Trinajstić information content (AvgIpc) is 3.44. The van der Waals surface area contributed by atoms with Crippen LogP contribution in [0.2, 0.25) is 0 Å². The minimum absolute atomic E-state index is 0.165. The fourth-order valence-corrected chi connectivity index (χ4v) is 4.40. The fourth-order valence-electron chi connectivity index (χ4n) is 3.42. The van der Waals surface area contributed by atoms with E-state index in [1.807, 2.05) is 6.07 Å². The molecule has 0 spiro atoms. The Morgan fingerprint density at radius 3 is 2.62 bits per heavy atom. The highest BCUT2D eigenvalue weighted by molar-refractivity contribution is 7.85. The average molecular weight is 418 g/mol. The molecule has 150 valence electrons. The Labute approximate surface area is 167 Å². The van der Waals surface area contributed by atoms with Crippen molar-refractivity contribution in [3.05, 3.63) is 41.7 Å². The Morgan fingerprint density at radius 2 is 2.03 bits per heavy atom. The van der Waals surface area contributed by atoms with E-state index in [1.165, 1.54) is 0 Å². The van der Waals surface area contributed by atoms with E-state index >= 15 is 0 Å². The van der Waals surface area contributed by atoms with Gasteiger partial charge in [-0.05, 0) is 36.6 Å². The van der Waals surface area contributed by atoms with E-state index in [0.717, 1.165) is 30.7 Å². The molecule has 0 unspecified atom stereocenters. The number of hydrogen-bond acceptors (Lipinski definition) is 4. The van der Waals surface area contributed by atoms with Crippen LogP contribution in [0.15, 0.2) is 35.4 Å². The number of pyridine rings is 1. The lowest BCUT2D eigenvalue weighted by atomic mass is 9.96. The van der Waals surface area contributed by atoms with Gasteiger partial charge in [-0.25, -0.2) is 9.97 Å². The first kappa shape index (κ1) is 19.6. The number of alkyl halides is 3. The number of aryl methyl sites for hydroxylation is 1. The second-order valence-electron chi connectivity index (χ2n) is 7.09. The Hall–Kier alpha value is -2.73. The minimum Gasteiger partial charge on any atom is -0.326 e. The van der Waals surface area contributed by atoms with E-state index in [-0.39, 0.29) is 5.52 Å². The van der Waals surface area contributed by atoms with Crippen LogP contribution < -0.4 is 0 Å². The number of rotatable bonds is 4. The molecule has 1 saturated carbocycles. The number of fused-ring (bicyclic) bond motifs is 1. The maximum atomic E-state index is 13.0. The van der Waals surface area contributed by atoms with Crippen LogP contribution in [0.1, 0.15) is 31.0 Å². The molecule has 5 nitrogen and oxygen atoms in total. The summed E-state index contributed by atoms with van der Waals surface area (Å²) in [6.07, 6.45) is -1.88. The van der Waals surface area contributed by atoms with Gasteiger partial charge < -0.3 is 4.57 Å². The van der Waals surface area contributed by atoms with Crippen LogP contribution in [0, 0.1) is 11.3 Å². The number of imidazole rings is 1. The summed E-state index contributed by atoms with van der Waals surface area (Å²) in [6, 6.07) is 8.61. The van der Waals surface area contributed by atoms with Crippen LogP contribution in [-0.2, 0) is 29.4 Å². The number of hydrogen-bond donors (Lipinski definition) is 0. The predicted octanol–water partition coefficient (Wildman–Crippen LogP) is 4.34. The fraction of sp³-hybridized carbons (Fsp3) is 0.350. The summed E-state index contributed by atoms with van der Waals surface area (Å²) in [5, 5.41) is 9.47. The highest BCUT2D eigenvalue weighted by Gasteiger charge is 2.45. The molecule has 2 heterocycles. The second-order valence-corrected chi connectivity index (χ2v) is 8.80. The molecular weight excluding hydrogens is 401 g/mol. The molecule has 0 aliphatic heterocycles. The molecule has 1 aromatic carbocycles. The number of halogens is 3. The van der Waals surface area contributed by atoms with Crippen molar-refractivity contribution >= 4 is 21.8 Å². The molecule has 3 aromatic rings. The summed E-state index contributed by atoms with van der Waals surface area (Å²) < 4.78 is 53.4. The van der Waals surface area contributed by atoms with Crippen molar-refractivity contribution in [2.75, 3.05) is 5.75 Å². The number of nitrogens with zero attached hydrogens (tertiary/aromatic N) is 4. The lowest BCUT2D eigenvalue weighted by Crippen LogP contribution is -2.07. The summed E-state index contributed by atoms with van der Waals surface area (Å²) in [5.41, 5.74) is 0.476. The van der Waals surface area contributed by atoms with Crippen LogP contribution in [0.4, 0.5) is 13.2 Å². The normalized spacial score (nSPS) is 16.6. The maximum Gasteiger partial charge on any atom is 0.433 e. The van der Waals surface area contributed by atoms with E-state index in [9.17, 15) is 22.6 Å². The van der Waals surface area contributed by atoms with Crippen molar-refractivity contribution in [3.63, 3.8) is 0 Å². The summed E-state index contributed by atoms with van der Waals surface area (Å²) in [5.74, 6) is 0.783. The topological polar surface area (TPSA) is 71.6 Å². The molecule has 4 rings (SSSR count). The molecule has 1 atom stereocenters. The lowest BCUT2D eigenvalue weighted by Gasteiger charge is -2.13. The largest absolute Gasteiger partial charge is 0.433 e. The van der Waals surface area contributed by atoms with Crippen LogP contribution in [-0.4, -0.2) is 24.5 Å². The standard InChI is InChI=1S/C20H17F3N4OS/c1-3-29(28)16-8-12(19(11-24)6-7-19)4-5-13(16)18-26-14-9-17(20(21,22)23)25-10-15(14)27(18)2/h4-5,8-10H,3,6-7H2,1-2H3/t29-/m0/s1. The molecule has 1 aliphatic rings. The minimum atomic E-state index is -4.56. The molecule has 0 N–H and O–H groups in total. The first-order chi connectivity index (χ1) is 13.7. The molecule has 0 saturated heterocycles. The smallest absolute Gasteiger partial charge is 0.326 e. The van der Waals surface area contributed by atoms with Crippen LogP contribution in [0.3, 0.4) is 0 Å². The van der Waals surface area contributed by atoms with Gasteiger partial charge in [-0.3, -0.25) is 4.21 Å². The van der Waals surface area contributed by atoms with Gasteiger partial charge >= 0.3 is 6.18 Å². The number of aromatic nitrogens is 3. The molecule has 0 bridgehead atoms. The first-order valence-electron chi connectivity index (χ1n) is 9.04. The number of nitriles is 1. The van der Waals surface area contributed by atoms with Crippen molar-refractivity contribution in [1.82, 2.24) is 14.5 Å². The van der Waals surface area contributed by atoms with E-state index in [1.54, 1.807) is 30.7 Å². The van der Waals surface area contributed by atoms with E-state index in [4.69, 9.17) is 0 Å². The Kier molecular flexibility index (Phi) is 4.50. The van der Waals surface area contributed by atoms with Crippen molar-refractivity contribution in [1.29, 1.82) is 5.26 Å². The van der Waals surface area contributed by atoms with Crippen LogP contribution >= 0.6 is 0 Å². The summed E-state index contributed by atoms with van der Waals surface area (Å²) in [4.78, 5) is 8.42. The first-order valence-corrected chi connectivity index (χ1v) is 10.4. The molecule has 9 heteroatoms. The van der Waals surface area contributed by atoms with Crippen molar-refractivity contribution in [3.8, 4) is 17.5 Å². The summed E-state index contributed by atoms with van der Waals surface area (Å²) in [7, 11) is 0.356. The third-order valence-electron chi connectivity index (χ3n) is 5.30. The molecule has 1 aliphatic carbocycles. The van der Waals surface area contributed by atoms with Gasteiger partial charge in [0, 0.05) is 18.4 Å². The van der Waals surface area contributed by atoms with E-state index < -0.39 is 28.1 Å². The Balaban J connectivity index is 1.90. The molecule has 2 aromatic heterocycles. The second kappa shape index (κ2) is 6.66. The highest BCUT2D eigenvalue weighted by Crippen LogP contribution is 2.48. The third kappa shape index (κ3) is 3.21. The van der Waals surface area contributed by atoms with Gasteiger partial charge in [-0.1, -0.05) is 13.0 Å². The maximum absolute atomic E-state index is 13.0. The quantitative estimate of drug-likeness (QED) is 0.632. The van der Waals surface area contributed by atoms with Crippen LogP contribution in [0.25, 0.3) is 22.4 Å². The molecule has 1 fully saturated rings. The van der Waals surface area contributed by atoms with Crippen LogP contribution in [0.5, 0.6) is 0 Å². The number of benzene rings is 1. The van der Waals surface area contributed by atoms with Gasteiger partial charge in [0.05, 0.1) is 44.4 Å². The van der Waals surface area contributed by atoms with Crippen molar-refractivity contribution in [2.24, 2.45) is 7.05 Å². The van der Waals surface area contributed by atoms with Crippen molar-refractivity contribution in [2.45, 2.75) is 36.3 Å². The zero-order valence-electron chi connectivity index (χ0n) is 15.7. The van der Waals surface area contributed by atoms with Gasteiger partial charge in [0.25, 0.3) is 0 Å². The van der Waals surface area contributed by atoms with Gasteiger partial charge in [0.15, 0.2) is 0 Å². The molecule has 29 heavy (non-hydrogen) atoms. The lowest BCUT2D eigenvalue weighted by molar-refractivity contribution is -0.141.